The van der Waals surface area contributed by atoms with Crippen molar-refractivity contribution >= 4 is 40.8 Å². The third-order valence-corrected chi connectivity index (χ3v) is 3.14. The lowest BCUT2D eigenvalue weighted by Gasteiger charge is -2.07. The number of carboxylic acid groups (broad SMARTS) is 1. The molecule has 21 heavy (non-hydrogen) atoms. The lowest BCUT2D eigenvalue weighted by Crippen LogP contribution is -2.14. The van der Waals surface area contributed by atoms with Crippen molar-refractivity contribution in [2.75, 3.05) is 5.32 Å². The van der Waals surface area contributed by atoms with Crippen molar-refractivity contribution in [3.8, 4) is 0 Å². The molecule has 0 atom stereocenters. The molecule has 2 aromatic rings. The summed E-state index contributed by atoms with van der Waals surface area (Å²) in [4.78, 5) is 22.9. The molecule has 0 bridgehead atoms. The largest absolute Gasteiger partial charge is 0.478 e. The number of halogens is 2. The molecule has 2 N–H and O–H groups in total. The molecule has 0 aromatic heterocycles. The van der Waals surface area contributed by atoms with Gasteiger partial charge in [-0.2, -0.15) is 0 Å². The van der Waals surface area contributed by atoms with Crippen LogP contribution in [-0.2, 0) is 11.2 Å². The van der Waals surface area contributed by atoms with Gasteiger partial charge >= 0.3 is 5.97 Å². The van der Waals surface area contributed by atoms with Gasteiger partial charge in [-0.15, -0.1) is 0 Å². The Hall–Kier alpha value is -2.04. The summed E-state index contributed by atoms with van der Waals surface area (Å²) < 4.78 is 0. The van der Waals surface area contributed by atoms with Crippen molar-refractivity contribution in [1.82, 2.24) is 0 Å². The number of amides is 1. The van der Waals surface area contributed by atoms with E-state index < -0.39 is 5.97 Å². The van der Waals surface area contributed by atoms with Crippen LogP contribution in [0.2, 0.25) is 10.0 Å². The number of rotatable bonds is 4. The Morgan fingerprint density at radius 2 is 1.81 bits per heavy atom. The molecule has 108 valence electrons. The summed E-state index contributed by atoms with van der Waals surface area (Å²) in [7, 11) is 0. The minimum atomic E-state index is -1.11. The van der Waals surface area contributed by atoms with Gasteiger partial charge in [0.05, 0.1) is 12.0 Å². The summed E-state index contributed by atoms with van der Waals surface area (Å²) in [5, 5.41) is 12.4. The standard InChI is InChI=1S/C15H11Cl2NO3/c16-11-3-1-2-9(4-11)5-14(19)18-13-7-10(15(20)21)6-12(17)8-13/h1-4,6-8H,5H2,(H,18,19)(H,20,21). The van der Waals surface area contributed by atoms with Crippen molar-refractivity contribution in [1.29, 1.82) is 0 Å². The number of carbonyl (C=O) groups is 2. The first-order valence-corrected chi connectivity index (χ1v) is 6.78. The van der Waals surface area contributed by atoms with Crippen LogP contribution < -0.4 is 5.32 Å². The fourth-order valence-corrected chi connectivity index (χ4v) is 2.27. The quantitative estimate of drug-likeness (QED) is 0.897. The van der Waals surface area contributed by atoms with E-state index in [1.54, 1.807) is 24.3 Å². The van der Waals surface area contributed by atoms with Crippen molar-refractivity contribution in [3.63, 3.8) is 0 Å². The maximum atomic E-state index is 11.9. The van der Waals surface area contributed by atoms with E-state index >= 15 is 0 Å². The Kier molecular flexibility index (Phi) is 4.83. The van der Waals surface area contributed by atoms with E-state index in [4.69, 9.17) is 28.3 Å². The van der Waals surface area contributed by atoms with Gasteiger partial charge < -0.3 is 10.4 Å². The number of carboxylic acids is 1. The maximum Gasteiger partial charge on any atom is 0.335 e. The molecule has 2 rings (SSSR count). The first kappa shape index (κ1) is 15.4. The number of aromatic carboxylic acids is 1. The second kappa shape index (κ2) is 6.61. The van der Waals surface area contributed by atoms with Crippen LogP contribution in [0.3, 0.4) is 0 Å². The lowest BCUT2D eigenvalue weighted by atomic mass is 10.1. The van der Waals surface area contributed by atoms with Gasteiger partial charge in [0.25, 0.3) is 0 Å². The number of carbonyl (C=O) groups excluding carboxylic acids is 1. The predicted octanol–water partition coefficient (Wildman–Crippen LogP) is 3.87. The van der Waals surface area contributed by atoms with Gasteiger partial charge in [-0.25, -0.2) is 4.79 Å². The van der Waals surface area contributed by atoms with E-state index in [1.165, 1.54) is 18.2 Å². The van der Waals surface area contributed by atoms with Crippen LogP contribution in [0.5, 0.6) is 0 Å². The molecule has 6 heteroatoms. The average Bonchev–Trinajstić information content (AvgIpc) is 2.37. The molecule has 0 heterocycles. The first-order chi connectivity index (χ1) is 9.94. The Morgan fingerprint density at radius 1 is 1.05 bits per heavy atom. The molecule has 0 spiro atoms. The molecule has 0 saturated carbocycles. The summed E-state index contributed by atoms with van der Waals surface area (Å²) >= 11 is 11.7. The van der Waals surface area contributed by atoms with Gasteiger partial charge in [0.15, 0.2) is 0 Å². The van der Waals surface area contributed by atoms with Crippen LogP contribution in [0.25, 0.3) is 0 Å². The summed E-state index contributed by atoms with van der Waals surface area (Å²) in [6.07, 6.45) is 0.134. The number of hydrogen-bond donors (Lipinski definition) is 2. The molecule has 0 aliphatic heterocycles. The summed E-state index contributed by atoms with van der Waals surface area (Å²) in [6.45, 7) is 0. The third kappa shape index (κ3) is 4.48. The maximum absolute atomic E-state index is 11.9. The smallest absolute Gasteiger partial charge is 0.335 e. The van der Waals surface area contributed by atoms with Gasteiger partial charge in [-0.05, 0) is 35.9 Å². The highest BCUT2D eigenvalue weighted by atomic mass is 35.5. The fourth-order valence-electron chi connectivity index (χ4n) is 1.82. The Bertz CT molecular complexity index is 701. The molecule has 1 amide bonds. The summed E-state index contributed by atoms with van der Waals surface area (Å²) in [6, 6.07) is 11.1. The van der Waals surface area contributed by atoms with Crippen LogP contribution in [0.1, 0.15) is 15.9 Å². The number of nitrogens with one attached hydrogen (secondary N) is 1. The van der Waals surface area contributed by atoms with Gasteiger partial charge in [0, 0.05) is 15.7 Å². The molecule has 0 aliphatic carbocycles. The highest BCUT2D eigenvalue weighted by Crippen LogP contribution is 2.20. The Balaban J connectivity index is 2.11. The van der Waals surface area contributed by atoms with Crippen LogP contribution in [-0.4, -0.2) is 17.0 Å². The van der Waals surface area contributed by atoms with Crippen molar-refractivity contribution in [2.24, 2.45) is 0 Å². The lowest BCUT2D eigenvalue weighted by molar-refractivity contribution is -0.115. The molecule has 4 nitrogen and oxygen atoms in total. The van der Waals surface area contributed by atoms with Crippen LogP contribution in [0.15, 0.2) is 42.5 Å². The van der Waals surface area contributed by atoms with Crippen LogP contribution >= 0.6 is 23.2 Å². The molecule has 0 aliphatic rings. The number of anilines is 1. The minimum absolute atomic E-state index is 0.0144. The zero-order valence-electron chi connectivity index (χ0n) is 10.8. The second-order valence-corrected chi connectivity index (χ2v) is 5.26. The second-order valence-electron chi connectivity index (χ2n) is 4.39. The molecule has 0 fully saturated rings. The average molecular weight is 324 g/mol. The molecule has 0 radical (unpaired) electrons. The fraction of sp³-hybridized carbons (Fsp3) is 0.0667. The van der Waals surface area contributed by atoms with Crippen LogP contribution in [0, 0.1) is 0 Å². The van der Waals surface area contributed by atoms with E-state index in [0.717, 1.165) is 5.56 Å². The summed E-state index contributed by atoms with van der Waals surface area (Å²) in [5.41, 5.74) is 1.12. The molecule has 0 unspecified atom stereocenters. The van der Waals surface area contributed by atoms with E-state index in [0.29, 0.717) is 10.7 Å². The minimum Gasteiger partial charge on any atom is -0.478 e. The number of benzene rings is 2. The van der Waals surface area contributed by atoms with Crippen molar-refractivity contribution in [3.05, 3.63) is 63.6 Å². The predicted molar refractivity (Wildman–Crippen MR) is 82.2 cm³/mol. The van der Waals surface area contributed by atoms with E-state index in [2.05, 4.69) is 5.32 Å². The number of hydrogen-bond acceptors (Lipinski definition) is 2. The Labute approximate surface area is 131 Å². The SMILES string of the molecule is O=C(Cc1cccc(Cl)c1)Nc1cc(Cl)cc(C(=O)O)c1. The third-order valence-electron chi connectivity index (χ3n) is 2.68. The first-order valence-electron chi connectivity index (χ1n) is 6.02. The van der Waals surface area contributed by atoms with Gasteiger partial charge in [-0.3, -0.25) is 4.79 Å². The molecule has 2 aromatic carbocycles. The normalized spacial score (nSPS) is 10.2. The zero-order valence-corrected chi connectivity index (χ0v) is 12.3. The van der Waals surface area contributed by atoms with Crippen molar-refractivity contribution in [2.45, 2.75) is 6.42 Å². The summed E-state index contributed by atoms with van der Waals surface area (Å²) in [5.74, 6) is -1.39. The van der Waals surface area contributed by atoms with Gasteiger partial charge in [-0.1, -0.05) is 35.3 Å². The zero-order chi connectivity index (χ0) is 15.4. The van der Waals surface area contributed by atoms with Gasteiger partial charge in [0.1, 0.15) is 0 Å². The monoisotopic (exact) mass is 323 g/mol. The highest BCUT2D eigenvalue weighted by Gasteiger charge is 2.09. The molecular formula is C15H11Cl2NO3. The van der Waals surface area contributed by atoms with Gasteiger partial charge in [0.2, 0.25) is 5.91 Å². The van der Waals surface area contributed by atoms with Crippen LogP contribution in [0.4, 0.5) is 5.69 Å². The molecule has 0 saturated heterocycles. The van der Waals surface area contributed by atoms with E-state index in [-0.39, 0.29) is 22.9 Å². The highest BCUT2D eigenvalue weighted by molar-refractivity contribution is 6.31. The van der Waals surface area contributed by atoms with E-state index in [1.807, 2.05) is 0 Å². The Morgan fingerprint density at radius 3 is 2.48 bits per heavy atom. The van der Waals surface area contributed by atoms with E-state index in [9.17, 15) is 9.59 Å². The molecular weight excluding hydrogens is 313 g/mol. The topological polar surface area (TPSA) is 66.4 Å². The van der Waals surface area contributed by atoms with Crippen molar-refractivity contribution < 1.29 is 14.7 Å².